The molecule has 26 heavy (non-hydrogen) atoms. The fraction of sp³-hybridized carbons (Fsp3) is 0.348. The van der Waals surface area contributed by atoms with Crippen LogP contribution in [0, 0.1) is 23.1 Å². The average molecular weight is 348 g/mol. The van der Waals surface area contributed by atoms with E-state index in [-0.39, 0.29) is 11.2 Å². The summed E-state index contributed by atoms with van der Waals surface area (Å²) >= 11 is 0. The number of likely N-dealkylation sites (tertiary alicyclic amines) is 1. The molecule has 1 aliphatic heterocycles. The van der Waals surface area contributed by atoms with Crippen molar-refractivity contribution in [3.05, 3.63) is 77.1 Å². The Morgan fingerprint density at radius 3 is 2.42 bits per heavy atom. The molecule has 0 radical (unpaired) electrons. The van der Waals surface area contributed by atoms with Gasteiger partial charge >= 0.3 is 0 Å². The fourth-order valence-electron chi connectivity index (χ4n) is 3.57. The van der Waals surface area contributed by atoms with Gasteiger partial charge in [0.1, 0.15) is 5.82 Å². The third-order valence-corrected chi connectivity index (χ3v) is 5.07. The van der Waals surface area contributed by atoms with Crippen LogP contribution in [0.3, 0.4) is 0 Å². The number of halogens is 1. The molecule has 2 aromatic rings. The molecule has 1 aliphatic rings. The second kappa shape index (κ2) is 6.96. The van der Waals surface area contributed by atoms with E-state index >= 15 is 0 Å². The Balaban J connectivity index is 1.64. The lowest BCUT2D eigenvalue weighted by Gasteiger charge is -2.43. The third kappa shape index (κ3) is 3.80. The molecule has 2 nitrogen and oxygen atoms in total. The normalized spacial score (nSPS) is 14.7. The summed E-state index contributed by atoms with van der Waals surface area (Å²) in [6.45, 7) is 12.5. The minimum Gasteiger partial charge on any atom is -0.371 e. The van der Waals surface area contributed by atoms with Gasteiger partial charge in [-0.3, -0.25) is 0 Å². The standard InChI is InChI=1S/C23H25FN2/c1-16(19-7-5-17(13-25)6-8-19)26-14-18(15-26)11-20-9-10-21(24)12-22(20)23(2,3)4/h5-10,12,18H,1,11,14-15H2,2-4H3. The zero-order chi connectivity index (χ0) is 18.9. The van der Waals surface area contributed by atoms with Gasteiger partial charge in [0.25, 0.3) is 0 Å². The third-order valence-electron chi connectivity index (χ3n) is 5.07. The summed E-state index contributed by atoms with van der Waals surface area (Å²) in [5.74, 6) is 0.389. The Labute approximate surface area is 155 Å². The van der Waals surface area contributed by atoms with Gasteiger partial charge in [-0.15, -0.1) is 0 Å². The minimum absolute atomic E-state index is 0.0625. The molecule has 0 aromatic heterocycles. The maximum atomic E-state index is 13.7. The van der Waals surface area contributed by atoms with Crippen LogP contribution in [0.25, 0.3) is 5.70 Å². The molecule has 1 heterocycles. The highest BCUT2D eigenvalue weighted by atomic mass is 19.1. The Hall–Kier alpha value is -2.60. The fourth-order valence-corrected chi connectivity index (χ4v) is 3.57. The highest BCUT2D eigenvalue weighted by molar-refractivity contribution is 5.63. The molecule has 2 aromatic carbocycles. The number of rotatable bonds is 4. The Bertz CT molecular complexity index is 847. The van der Waals surface area contributed by atoms with Crippen molar-refractivity contribution < 1.29 is 4.39 Å². The molecule has 0 aliphatic carbocycles. The minimum atomic E-state index is -0.164. The van der Waals surface area contributed by atoms with Crippen molar-refractivity contribution in [2.75, 3.05) is 13.1 Å². The summed E-state index contributed by atoms with van der Waals surface area (Å²) in [5, 5.41) is 8.90. The Morgan fingerprint density at radius 2 is 1.85 bits per heavy atom. The molecule has 1 fully saturated rings. The number of benzene rings is 2. The van der Waals surface area contributed by atoms with Crippen LogP contribution in [0.1, 0.15) is 43.0 Å². The average Bonchev–Trinajstić information content (AvgIpc) is 2.57. The first-order chi connectivity index (χ1) is 12.3. The van der Waals surface area contributed by atoms with E-state index < -0.39 is 0 Å². The molecule has 0 N–H and O–H groups in total. The number of hydrogen-bond donors (Lipinski definition) is 0. The SMILES string of the molecule is C=C(c1ccc(C#N)cc1)N1CC(Cc2ccc(F)cc2C(C)(C)C)C1. The van der Waals surface area contributed by atoms with Crippen molar-refractivity contribution in [2.24, 2.45) is 5.92 Å². The molecule has 134 valence electrons. The second-order valence-electron chi connectivity index (χ2n) is 8.16. The van der Waals surface area contributed by atoms with Crippen LogP contribution < -0.4 is 0 Å². The van der Waals surface area contributed by atoms with E-state index in [1.165, 1.54) is 5.56 Å². The number of hydrogen-bond acceptors (Lipinski definition) is 2. The highest BCUT2D eigenvalue weighted by Crippen LogP contribution is 2.33. The van der Waals surface area contributed by atoms with E-state index in [1.807, 2.05) is 30.3 Å². The van der Waals surface area contributed by atoms with E-state index in [4.69, 9.17) is 5.26 Å². The van der Waals surface area contributed by atoms with Crippen molar-refractivity contribution >= 4 is 5.70 Å². The topological polar surface area (TPSA) is 27.0 Å². The number of nitriles is 1. The maximum absolute atomic E-state index is 13.7. The van der Waals surface area contributed by atoms with Crippen molar-refractivity contribution in [1.82, 2.24) is 4.90 Å². The van der Waals surface area contributed by atoms with E-state index in [1.54, 1.807) is 12.1 Å². The molecule has 0 bridgehead atoms. The maximum Gasteiger partial charge on any atom is 0.123 e. The van der Waals surface area contributed by atoms with Crippen molar-refractivity contribution in [3.8, 4) is 6.07 Å². The van der Waals surface area contributed by atoms with Gasteiger partial charge in [0.15, 0.2) is 0 Å². The largest absolute Gasteiger partial charge is 0.371 e. The Kier molecular flexibility index (Phi) is 4.87. The van der Waals surface area contributed by atoms with E-state index in [0.29, 0.717) is 11.5 Å². The molecule has 0 amide bonds. The van der Waals surface area contributed by atoms with Gasteiger partial charge in [-0.05, 0) is 58.7 Å². The van der Waals surface area contributed by atoms with Gasteiger partial charge in [0.2, 0.25) is 0 Å². The Morgan fingerprint density at radius 1 is 1.19 bits per heavy atom. The molecular weight excluding hydrogens is 323 g/mol. The van der Waals surface area contributed by atoms with Gasteiger partial charge < -0.3 is 4.90 Å². The number of nitrogens with zero attached hydrogens (tertiary/aromatic N) is 2. The van der Waals surface area contributed by atoms with Crippen molar-refractivity contribution in [1.29, 1.82) is 5.26 Å². The first-order valence-electron chi connectivity index (χ1n) is 9.01. The highest BCUT2D eigenvalue weighted by Gasteiger charge is 2.30. The van der Waals surface area contributed by atoms with Crippen LogP contribution in [0.5, 0.6) is 0 Å². The zero-order valence-corrected chi connectivity index (χ0v) is 15.7. The monoisotopic (exact) mass is 348 g/mol. The predicted molar refractivity (Wildman–Crippen MR) is 104 cm³/mol. The van der Waals surface area contributed by atoms with Crippen LogP contribution in [-0.4, -0.2) is 18.0 Å². The zero-order valence-electron chi connectivity index (χ0n) is 15.7. The molecule has 0 spiro atoms. The molecule has 0 unspecified atom stereocenters. The van der Waals surface area contributed by atoms with Gasteiger partial charge in [0.05, 0.1) is 11.6 Å². The van der Waals surface area contributed by atoms with Gasteiger partial charge in [-0.2, -0.15) is 5.26 Å². The van der Waals surface area contributed by atoms with Crippen LogP contribution >= 0.6 is 0 Å². The summed E-state index contributed by atoms with van der Waals surface area (Å²) in [6.07, 6.45) is 0.962. The van der Waals surface area contributed by atoms with Crippen LogP contribution in [-0.2, 0) is 11.8 Å². The van der Waals surface area contributed by atoms with Gasteiger partial charge in [-0.25, -0.2) is 4.39 Å². The lowest BCUT2D eigenvalue weighted by Crippen LogP contribution is -2.46. The van der Waals surface area contributed by atoms with Crippen LogP contribution in [0.15, 0.2) is 49.0 Å². The molecule has 3 heteroatoms. The first-order valence-corrected chi connectivity index (χ1v) is 9.01. The first kappa shape index (κ1) is 18.2. The smallest absolute Gasteiger partial charge is 0.123 e. The predicted octanol–water partition coefficient (Wildman–Crippen LogP) is 5.14. The van der Waals surface area contributed by atoms with E-state index in [0.717, 1.165) is 36.3 Å². The lowest BCUT2D eigenvalue weighted by molar-refractivity contribution is 0.174. The van der Waals surface area contributed by atoms with Gasteiger partial charge in [0, 0.05) is 18.8 Å². The van der Waals surface area contributed by atoms with Crippen LogP contribution in [0.2, 0.25) is 0 Å². The summed E-state index contributed by atoms with van der Waals surface area (Å²) < 4.78 is 13.7. The molecule has 0 atom stereocenters. The lowest BCUT2D eigenvalue weighted by atomic mass is 9.80. The van der Waals surface area contributed by atoms with Crippen LogP contribution in [0.4, 0.5) is 4.39 Å². The van der Waals surface area contributed by atoms with E-state index in [2.05, 4.69) is 38.3 Å². The second-order valence-corrected chi connectivity index (χ2v) is 8.16. The molecular formula is C23H25FN2. The van der Waals surface area contributed by atoms with Crippen molar-refractivity contribution in [2.45, 2.75) is 32.6 Å². The summed E-state index contributed by atoms with van der Waals surface area (Å²) in [5.41, 5.74) is 5.00. The molecule has 3 rings (SSSR count). The summed E-state index contributed by atoms with van der Waals surface area (Å²) in [4.78, 5) is 2.27. The molecule has 0 saturated carbocycles. The summed E-state index contributed by atoms with van der Waals surface area (Å²) in [6, 6.07) is 14.9. The van der Waals surface area contributed by atoms with E-state index in [9.17, 15) is 4.39 Å². The van der Waals surface area contributed by atoms with Gasteiger partial charge in [-0.1, -0.05) is 45.5 Å². The quantitative estimate of drug-likeness (QED) is 0.765. The summed E-state index contributed by atoms with van der Waals surface area (Å²) in [7, 11) is 0. The van der Waals surface area contributed by atoms with Crippen molar-refractivity contribution in [3.63, 3.8) is 0 Å². The molecule has 1 saturated heterocycles.